The van der Waals surface area contributed by atoms with E-state index in [2.05, 4.69) is 14.8 Å². The van der Waals surface area contributed by atoms with Crippen molar-refractivity contribution in [1.29, 1.82) is 0 Å². The number of ether oxygens (including phenoxy) is 2. The van der Waals surface area contributed by atoms with E-state index >= 15 is 0 Å². The summed E-state index contributed by atoms with van der Waals surface area (Å²) < 4.78 is 12.6. The minimum Gasteiger partial charge on any atom is -0.497 e. The van der Waals surface area contributed by atoms with Gasteiger partial charge in [0.25, 0.3) is 0 Å². The number of amides is 1. The number of methoxy groups -OCH3 is 2. The van der Waals surface area contributed by atoms with Crippen molar-refractivity contribution in [2.24, 2.45) is 0 Å². The number of nitrogens with zero attached hydrogens (tertiary/aromatic N) is 4. The van der Waals surface area contributed by atoms with Crippen LogP contribution in [0.1, 0.15) is 23.6 Å². The Morgan fingerprint density at radius 3 is 2.92 bits per heavy atom. The van der Waals surface area contributed by atoms with Gasteiger partial charge in [-0.1, -0.05) is 0 Å². The van der Waals surface area contributed by atoms with E-state index in [0.29, 0.717) is 18.0 Å². The zero-order chi connectivity index (χ0) is 17.8. The second-order valence-corrected chi connectivity index (χ2v) is 5.92. The van der Waals surface area contributed by atoms with E-state index in [9.17, 15) is 4.79 Å². The zero-order valence-corrected chi connectivity index (χ0v) is 14.7. The molecule has 0 saturated carbocycles. The number of aryl methyl sites for hydroxylation is 1. The predicted molar refractivity (Wildman–Crippen MR) is 93.4 cm³/mol. The predicted octanol–water partition coefficient (Wildman–Crippen LogP) is 1.91. The van der Waals surface area contributed by atoms with Crippen LogP contribution in [0, 0.1) is 0 Å². The summed E-state index contributed by atoms with van der Waals surface area (Å²) in [4.78, 5) is 14.0. The summed E-state index contributed by atoms with van der Waals surface area (Å²) in [5.41, 5.74) is 0.813. The molecule has 2 heterocycles. The first-order valence-electron chi connectivity index (χ1n) is 8.18. The smallest absolute Gasteiger partial charge is 0.246 e. The summed E-state index contributed by atoms with van der Waals surface area (Å²) >= 11 is 0. The monoisotopic (exact) mass is 342 g/mol. The van der Waals surface area contributed by atoms with E-state index in [0.717, 1.165) is 36.6 Å². The van der Waals surface area contributed by atoms with Crippen LogP contribution in [0.4, 0.5) is 0 Å². The van der Waals surface area contributed by atoms with Crippen molar-refractivity contribution in [1.82, 2.24) is 19.7 Å². The molecule has 1 aromatic heterocycles. The molecule has 7 nitrogen and oxygen atoms in total. The molecule has 0 bridgehead atoms. The molecule has 1 amide bonds. The number of carbonyl (C=O) groups excluding carboxylic acids is 1. The number of likely N-dealkylation sites (N-methyl/N-ethyl adjacent to an activating group) is 1. The van der Waals surface area contributed by atoms with E-state index in [1.807, 2.05) is 12.1 Å². The SMILES string of the molecule is COc1ccc(/C=C/C(=O)N(C)Cc2nnc3n2CCC3)c(OC)c1. The van der Waals surface area contributed by atoms with Crippen LogP contribution in [0.3, 0.4) is 0 Å². The fourth-order valence-corrected chi connectivity index (χ4v) is 2.86. The van der Waals surface area contributed by atoms with Crippen LogP contribution < -0.4 is 9.47 Å². The number of aromatic nitrogens is 3. The Labute approximate surface area is 146 Å². The fraction of sp³-hybridized carbons (Fsp3) is 0.389. The molecule has 0 atom stereocenters. The zero-order valence-electron chi connectivity index (χ0n) is 14.7. The summed E-state index contributed by atoms with van der Waals surface area (Å²) in [5.74, 6) is 3.10. The van der Waals surface area contributed by atoms with Crippen LogP contribution in [-0.2, 0) is 24.3 Å². The number of carbonyl (C=O) groups is 1. The molecule has 0 radical (unpaired) electrons. The Morgan fingerprint density at radius 1 is 1.32 bits per heavy atom. The average molecular weight is 342 g/mol. The summed E-state index contributed by atoms with van der Waals surface area (Å²) in [7, 11) is 4.95. The van der Waals surface area contributed by atoms with Gasteiger partial charge in [0.05, 0.1) is 20.8 Å². The lowest BCUT2D eigenvalue weighted by Gasteiger charge is -2.15. The minimum atomic E-state index is -0.104. The third-order valence-electron chi connectivity index (χ3n) is 4.29. The summed E-state index contributed by atoms with van der Waals surface area (Å²) in [6, 6.07) is 5.47. The summed E-state index contributed by atoms with van der Waals surface area (Å²) in [5, 5.41) is 8.36. The molecule has 0 aliphatic carbocycles. The minimum absolute atomic E-state index is 0.104. The van der Waals surface area contributed by atoms with Crippen molar-refractivity contribution in [2.75, 3.05) is 21.3 Å². The third-order valence-corrected chi connectivity index (χ3v) is 4.29. The average Bonchev–Trinajstić information content (AvgIpc) is 3.24. The second kappa shape index (κ2) is 7.38. The number of hydrogen-bond donors (Lipinski definition) is 0. The van der Waals surface area contributed by atoms with Crippen LogP contribution in [0.5, 0.6) is 11.5 Å². The van der Waals surface area contributed by atoms with Crippen LogP contribution in [0.15, 0.2) is 24.3 Å². The van der Waals surface area contributed by atoms with E-state index in [-0.39, 0.29) is 5.91 Å². The molecule has 7 heteroatoms. The molecule has 3 rings (SSSR count). The Hall–Kier alpha value is -2.83. The van der Waals surface area contributed by atoms with E-state index in [4.69, 9.17) is 9.47 Å². The van der Waals surface area contributed by atoms with Crippen LogP contribution in [-0.4, -0.2) is 46.8 Å². The molecule has 2 aromatic rings. The molecule has 1 aliphatic rings. The highest BCUT2D eigenvalue weighted by molar-refractivity contribution is 5.92. The number of benzene rings is 1. The van der Waals surface area contributed by atoms with Crippen LogP contribution >= 0.6 is 0 Å². The quantitative estimate of drug-likeness (QED) is 0.750. The maximum absolute atomic E-state index is 12.4. The van der Waals surface area contributed by atoms with E-state index < -0.39 is 0 Å². The lowest BCUT2D eigenvalue weighted by molar-refractivity contribution is -0.125. The third kappa shape index (κ3) is 3.65. The highest BCUT2D eigenvalue weighted by Crippen LogP contribution is 2.25. The maximum atomic E-state index is 12.4. The molecule has 1 aromatic carbocycles. The van der Waals surface area contributed by atoms with E-state index in [1.54, 1.807) is 38.3 Å². The first kappa shape index (κ1) is 17.0. The van der Waals surface area contributed by atoms with Gasteiger partial charge in [0, 0.05) is 37.7 Å². The van der Waals surface area contributed by atoms with Crippen LogP contribution in [0.25, 0.3) is 6.08 Å². The molecular formula is C18H22N4O3. The highest BCUT2D eigenvalue weighted by Gasteiger charge is 2.19. The number of fused-ring (bicyclic) bond motifs is 1. The molecule has 0 N–H and O–H groups in total. The lowest BCUT2D eigenvalue weighted by Crippen LogP contribution is -2.26. The van der Waals surface area contributed by atoms with Crippen molar-refractivity contribution in [3.8, 4) is 11.5 Å². The highest BCUT2D eigenvalue weighted by atomic mass is 16.5. The molecular weight excluding hydrogens is 320 g/mol. The Bertz CT molecular complexity index is 798. The Balaban J connectivity index is 1.67. The standard InChI is InChI=1S/C18H22N4O3/c1-21(12-17-20-19-16-5-4-10-22(16)17)18(23)9-7-13-6-8-14(24-2)11-15(13)25-3/h6-9,11H,4-5,10,12H2,1-3H3/b9-7+. The molecule has 1 aliphatic heterocycles. The van der Waals surface area contributed by atoms with Crippen molar-refractivity contribution in [3.63, 3.8) is 0 Å². The molecule has 25 heavy (non-hydrogen) atoms. The molecule has 132 valence electrons. The first-order chi connectivity index (χ1) is 12.1. The molecule has 0 unspecified atom stereocenters. The van der Waals surface area contributed by atoms with Gasteiger partial charge in [-0.3, -0.25) is 4.79 Å². The van der Waals surface area contributed by atoms with Crippen molar-refractivity contribution in [3.05, 3.63) is 41.5 Å². The molecule has 0 spiro atoms. The summed E-state index contributed by atoms with van der Waals surface area (Å²) in [6.45, 7) is 1.37. The van der Waals surface area contributed by atoms with Crippen molar-refractivity contribution < 1.29 is 14.3 Å². The number of rotatable bonds is 6. The van der Waals surface area contributed by atoms with Crippen LogP contribution in [0.2, 0.25) is 0 Å². The van der Waals surface area contributed by atoms with Gasteiger partial charge in [-0.25, -0.2) is 0 Å². The fourth-order valence-electron chi connectivity index (χ4n) is 2.86. The second-order valence-electron chi connectivity index (χ2n) is 5.92. The normalized spacial score (nSPS) is 13.1. The first-order valence-corrected chi connectivity index (χ1v) is 8.18. The van der Waals surface area contributed by atoms with Gasteiger partial charge in [0.1, 0.15) is 17.3 Å². The van der Waals surface area contributed by atoms with E-state index in [1.165, 1.54) is 6.08 Å². The topological polar surface area (TPSA) is 69.5 Å². The molecule has 0 saturated heterocycles. The lowest BCUT2D eigenvalue weighted by atomic mass is 10.1. The maximum Gasteiger partial charge on any atom is 0.246 e. The summed E-state index contributed by atoms with van der Waals surface area (Å²) in [6.07, 6.45) is 5.32. The van der Waals surface area contributed by atoms with Crippen molar-refractivity contribution >= 4 is 12.0 Å². The van der Waals surface area contributed by atoms with Gasteiger partial charge < -0.3 is 18.9 Å². The Morgan fingerprint density at radius 2 is 2.16 bits per heavy atom. The van der Waals surface area contributed by atoms with Gasteiger partial charge in [0.2, 0.25) is 5.91 Å². The van der Waals surface area contributed by atoms with Crippen molar-refractivity contribution in [2.45, 2.75) is 25.9 Å². The number of hydrogen-bond acceptors (Lipinski definition) is 5. The van der Waals surface area contributed by atoms with Gasteiger partial charge in [-0.05, 0) is 24.6 Å². The van der Waals surface area contributed by atoms with Gasteiger partial charge in [0.15, 0.2) is 5.82 Å². The van der Waals surface area contributed by atoms with Gasteiger partial charge in [-0.15, -0.1) is 10.2 Å². The Kier molecular flexibility index (Phi) is 5.02. The molecule has 0 fully saturated rings. The van der Waals surface area contributed by atoms with Gasteiger partial charge in [-0.2, -0.15) is 0 Å². The largest absolute Gasteiger partial charge is 0.497 e. The van der Waals surface area contributed by atoms with Gasteiger partial charge >= 0.3 is 0 Å².